The van der Waals surface area contributed by atoms with E-state index in [0.717, 1.165) is 24.0 Å². The number of halogens is 2. The van der Waals surface area contributed by atoms with Crippen molar-refractivity contribution in [3.63, 3.8) is 0 Å². The Labute approximate surface area is 146 Å². The van der Waals surface area contributed by atoms with Crippen LogP contribution in [0.2, 0.25) is 0 Å². The summed E-state index contributed by atoms with van der Waals surface area (Å²) in [6.45, 7) is 3.20. The number of benzene rings is 1. The van der Waals surface area contributed by atoms with Crippen LogP contribution in [-0.2, 0) is 6.54 Å². The molecule has 25 heavy (non-hydrogen) atoms. The summed E-state index contributed by atoms with van der Waals surface area (Å²) >= 11 is 0. The van der Waals surface area contributed by atoms with Crippen LogP contribution in [0.15, 0.2) is 46.0 Å². The molecule has 2 aromatic rings. The molecule has 1 heterocycles. The molecule has 0 radical (unpaired) electrons. The van der Waals surface area contributed by atoms with Gasteiger partial charge < -0.3 is 15.1 Å². The number of hydrogen-bond donors (Lipinski definition) is 2. The molecule has 0 spiro atoms. The monoisotopic (exact) mass is 350 g/mol. The van der Waals surface area contributed by atoms with Gasteiger partial charge in [0.05, 0.1) is 18.8 Å². The van der Waals surface area contributed by atoms with Crippen molar-refractivity contribution in [2.45, 2.75) is 19.5 Å². The van der Waals surface area contributed by atoms with Gasteiger partial charge in [0.2, 0.25) is 0 Å². The third kappa shape index (κ3) is 5.56. The molecule has 2 rings (SSSR count). The molecule has 1 atom stereocenters. The van der Waals surface area contributed by atoms with Crippen LogP contribution in [-0.4, -0.2) is 38.0 Å². The van der Waals surface area contributed by atoms with Gasteiger partial charge >= 0.3 is 0 Å². The lowest BCUT2D eigenvalue weighted by atomic mass is 10.2. The van der Waals surface area contributed by atoms with E-state index in [1.165, 1.54) is 0 Å². The fourth-order valence-corrected chi connectivity index (χ4v) is 2.38. The van der Waals surface area contributed by atoms with Crippen molar-refractivity contribution in [3.8, 4) is 0 Å². The fraction of sp³-hybridized carbons (Fsp3) is 0.389. The van der Waals surface area contributed by atoms with Crippen LogP contribution in [0.4, 0.5) is 8.78 Å². The first-order chi connectivity index (χ1) is 12.0. The maximum absolute atomic E-state index is 13.7. The minimum Gasteiger partial charge on any atom is -0.468 e. The second kappa shape index (κ2) is 9.17. The predicted octanol–water partition coefficient (Wildman–Crippen LogP) is 2.92. The van der Waals surface area contributed by atoms with Gasteiger partial charge in [-0.3, -0.25) is 4.90 Å². The van der Waals surface area contributed by atoms with Crippen LogP contribution >= 0.6 is 0 Å². The Kier molecular flexibility index (Phi) is 6.94. The van der Waals surface area contributed by atoms with E-state index >= 15 is 0 Å². The second-order valence-electron chi connectivity index (χ2n) is 5.81. The van der Waals surface area contributed by atoms with Crippen LogP contribution in [0.1, 0.15) is 24.3 Å². The highest BCUT2D eigenvalue weighted by atomic mass is 19.1. The summed E-state index contributed by atoms with van der Waals surface area (Å²) in [5, 5.41) is 6.32. The average Bonchev–Trinajstić information content (AvgIpc) is 3.09. The molecule has 0 fully saturated rings. The smallest absolute Gasteiger partial charge is 0.191 e. The minimum absolute atomic E-state index is 0.0183. The highest BCUT2D eigenvalue weighted by Crippen LogP contribution is 2.17. The number of likely N-dealkylation sites (N-methyl/N-ethyl adjacent to an activating group) is 1. The lowest BCUT2D eigenvalue weighted by Crippen LogP contribution is -2.41. The van der Waals surface area contributed by atoms with Crippen molar-refractivity contribution in [2.24, 2.45) is 4.99 Å². The third-order valence-electron chi connectivity index (χ3n) is 3.72. The lowest BCUT2D eigenvalue weighted by Gasteiger charge is -2.23. The summed E-state index contributed by atoms with van der Waals surface area (Å²) in [7, 11) is 3.92. The number of rotatable bonds is 7. The SMILES string of the molecule is CCNC(=NCc1cc(F)ccc1F)NCC(c1ccco1)N(C)C. The van der Waals surface area contributed by atoms with Crippen molar-refractivity contribution in [1.29, 1.82) is 0 Å². The van der Waals surface area contributed by atoms with Crippen molar-refractivity contribution < 1.29 is 13.2 Å². The molecule has 1 aromatic heterocycles. The Morgan fingerprint density at radius 3 is 2.68 bits per heavy atom. The van der Waals surface area contributed by atoms with Gasteiger partial charge in [-0.1, -0.05) is 0 Å². The maximum atomic E-state index is 13.7. The Hall–Kier alpha value is -2.41. The highest BCUT2D eigenvalue weighted by molar-refractivity contribution is 5.79. The predicted molar refractivity (Wildman–Crippen MR) is 94.3 cm³/mol. The molecule has 0 aliphatic carbocycles. The molecule has 0 saturated heterocycles. The first-order valence-electron chi connectivity index (χ1n) is 8.17. The molecule has 5 nitrogen and oxygen atoms in total. The summed E-state index contributed by atoms with van der Waals surface area (Å²) in [4.78, 5) is 6.37. The Balaban J connectivity index is 2.05. The maximum Gasteiger partial charge on any atom is 0.191 e. The molecule has 7 heteroatoms. The summed E-state index contributed by atoms with van der Waals surface area (Å²) < 4.78 is 32.4. The van der Waals surface area contributed by atoms with Crippen LogP contribution < -0.4 is 10.6 Å². The molecular weight excluding hydrogens is 326 g/mol. The number of hydrogen-bond acceptors (Lipinski definition) is 3. The van der Waals surface area contributed by atoms with Crippen molar-refractivity contribution >= 4 is 5.96 Å². The molecule has 0 amide bonds. The standard InChI is InChI=1S/C18H24F2N4O/c1-4-21-18(22-11-13-10-14(19)7-8-15(13)20)23-12-16(24(2)3)17-6-5-9-25-17/h5-10,16H,4,11-12H2,1-3H3,(H2,21,22,23). The molecule has 0 aliphatic heterocycles. The van der Waals surface area contributed by atoms with E-state index < -0.39 is 11.6 Å². The van der Waals surface area contributed by atoms with E-state index in [4.69, 9.17) is 4.42 Å². The van der Waals surface area contributed by atoms with E-state index in [-0.39, 0.29) is 18.2 Å². The molecule has 136 valence electrons. The first-order valence-corrected chi connectivity index (χ1v) is 8.17. The zero-order chi connectivity index (χ0) is 18.2. The number of furan rings is 1. The van der Waals surface area contributed by atoms with E-state index in [2.05, 4.69) is 15.6 Å². The van der Waals surface area contributed by atoms with Gasteiger partial charge in [-0.2, -0.15) is 0 Å². The minimum atomic E-state index is -0.477. The summed E-state index contributed by atoms with van der Waals surface area (Å²) in [5.74, 6) is 0.423. The molecule has 1 aromatic carbocycles. The van der Waals surface area contributed by atoms with Gasteiger partial charge in [0.1, 0.15) is 17.4 Å². The van der Waals surface area contributed by atoms with E-state index in [0.29, 0.717) is 19.0 Å². The number of guanidine groups is 1. The van der Waals surface area contributed by atoms with Gasteiger partial charge in [0, 0.05) is 18.7 Å². The largest absolute Gasteiger partial charge is 0.468 e. The zero-order valence-corrected chi connectivity index (χ0v) is 14.7. The van der Waals surface area contributed by atoms with E-state index in [1.807, 2.05) is 38.1 Å². The van der Waals surface area contributed by atoms with Crippen molar-refractivity contribution in [1.82, 2.24) is 15.5 Å². The van der Waals surface area contributed by atoms with Crippen molar-refractivity contribution in [3.05, 3.63) is 59.6 Å². The van der Waals surface area contributed by atoms with Crippen LogP contribution in [0.5, 0.6) is 0 Å². The molecule has 0 aliphatic rings. The van der Waals surface area contributed by atoms with Gasteiger partial charge in [-0.15, -0.1) is 0 Å². The van der Waals surface area contributed by atoms with Gasteiger partial charge in [0.15, 0.2) is 5.96 Å². The van der Waals surface area contributed by atoms with E-state index in [1.54, 1.807) is 6.26 Å². The molecule has 2 N–H and O–H groups in total. The summed E-state index contributed by atoms with van der Waals surface area (Å²) in [6.07, 6.45) is 1.64. The summed E-state index contributed by atoms with van der Waals surface area (Å²) in [5.41, 5.74) is 0.215. The van der Waals surface area contributed by atoms with E-state index in [9.17, 15) is 8.78 Å². The molecular formula is C18H24F2N4O. The molecule has 1 unspecified atom stereocenters. The highest BCUT2D eigenvalue weighted by Gasteiger charge is 2.17. The lowest BCUT2D eigenvalue weighted by molar-refractivity contribution is 0.258. The van der Waals surface area contributed by atoms with Gasteiger partial charge in [0.25, 0.3) is 0 Å². The zero-order valence-electron chi connectivity index (χ0n) is 14.7. The normalized spacial score (nSPS) is 13.1. The molecule has 0 bridgehead atoms. The quantitative estimate of drug-likeness (QED) is 0.596. The average molecular weight is 350 g/mol. The Morgan fingerprint density at radius 2 is 2.04 bits per heavy atom. The van der Waals surface area contributed by atoms with Crippen molar-refractivity contribution in [2.75, 3.05) is 27.2 Å². The van der Waals surface area contributed by atoms with Crippen LogP contribution in [0.25, 0.3) is 0 Å². The second-order valence-corrected chi connectivity index (χ2v) is 5.81. The van der Waals surface area contributed by atoms with Crippen LogP contribution in [0.3, 0.4) is 0 Å². The summed E-state index contributed by atoms with van der Waals surface area (Å²) in [6, 6.07) is 7.14. The third-order valence-corrected chi connectivity index (χ3v) is 3.72. The van der Waals surface area contributed by atoms with Gasteiger partial charge in [-0.05, 0) is 51.4 Å². The van der Waals surface area contributed by atoms with Gasteiger partial charge in [-0.25, -0.2) is 13.8 Å². The number of aliphatic imine (C=N–C) groups is 1. The molecule has 0 saturated carbocycles. The number of nitrogens with zero attached hydrogens (tertiary/aromatic N) is 2. The topological polar surface area (TPSA) is 52.8 Å². The Bertz CT molecular complexity index is 686. The first kappa shape index (κ1) is 18.9. The van der Waals surface area contributed by atoms with Crippen LogP contribution in [0, 0.1) is 11.6 Å². The fourth-order valence-electron chi connectivity index (χ4n) is 2.38. The number of nitrogens with one attached hydrogen (secondary N) is 2. The Morgan fingerprint density at radius 1 is 1.24 bits per heavy atom.